The Bertz CT molecular complexity index is 1220. The van der Waals surface area contributed by atoms with Crippen LogP contribution in [0.3, 0.4) is 0 Å². The second-order valence-corrected chi connectivity index (χ2v) is 7.63. The maximum Gasteiger partial charge on any atom is 0.262 e. The van der Waals surface area contributed by atoms with E-state index in [2.05, 4.69) is 20.7 Å². The monoisotopic (exact) mass is 439 g/mol. The number of anilines is 1. The highest BCUT2D eigenvalue weighted by molar-refractivity contribution is 7.21. The number of carbonyl (C=O) groups excluding carboxylic acids is 2. The third kappa shape index (κ3) is 4.44. The molecule has 8 nitrogen and oxygen atoms in total. The molecule has 0 aliphatic heterocycles. The molecule has 4 aromatic rings. The molecule has 0 spiro atoms. The quantitative estimate of drug-likeness (QED) is 0.461. The van der Waals surface area contributed by atoms with Gasteiger partial charge in [-0.3, -0.25) is 9.59 Å². The highest BCUT2D eigenvalue weighted by Crippen LogP contribution is 2.33. The number of halogens is 1. The summed E-state index contributed by atoms with van der Waals surface area (Å²) in [6, 6.07) is 11.7. The van der Waals surface area contributed by atoms with Crippen LogP contribution in [-0.2, 0) is 16.1 Å². The zero-order valence-corrected chi connectivity index (χ0v) is 17.3. The maximum absolute atomic E-state index is 14.3. The van der Waals surface area contributed by atoms with Crippen LogP contribution in [0.1, 0.15) is 15.2 Å². The predicted molar refractivity (Wildman–Crippen MR) is 115 cm³/mol. The molecule has 2 N–H and O–H groups in total. The molecule has 158 valence electrons. The minimum Gasteiger partial charge on any atom is -0.380 e. The summed E-state index contributed by atoms with van der Waals surface area (Å²) in [5, 5.41) is 9.71. The first-order chi connectivity index (χ1) is 15.1. The topological polar surface area (TPSA) is 98.1 Å². The first-order valence-electron chi connectivity index (χ1n) is 9.28. The molecule has 0 aliphatic rings. The molecule has 0 saturated carbocycles. The van der Waals surface area contributed by atoms with E-state index in [1.807, 2.05) is 0 Å². The zero-order chi connectivity index (χ0) is 21.8. The van der Waals surface area contributed by atoms with Crippen LogP contribution in [0, 0.1) is 5.82 Å². The van der Waals surface area contributed by atoms with E-state index in [-0.39, 0.29) is 19.1 Å². The molecule has 0 aliphatic carbocycles. The Morgan fingerprint density at radius 2 is 2.00 bits per heavy atom. The predicted octanol–water partition coefficient (Wildman–Crippen LogP) is 3.14. The van der Waals surface area contributed by atoms with Gasteiger partial charge in [-0.05, 0) is 36.4 Å². The zero-order valence-electron chi connectivity index (χ0n) is 16.5. The Hall–Kier alpha value is -3.63. The lowest BCUT2D eigenvalue weighted by Crippen LogP contribution is -2.32. The first kappa shape index (κ1) is 20.6. The van der Waals surface area contributed by atoms with Crippen LogP contribution in [0.4, 0.5) is 10.1 Å². The highest BCUT2D eigenvalue weighted by Gasteiger charge is 2.21. The van der Waals surface area contributed by atoms with E-state index in [1.165, 1.54) is 19.5 Å². The molecule has 2 aromatic heterocycles. The van der Waals surface area contributed by atoms with Gasteiger partial charge in [0.15, 0.2) is 0 Å². The van der Waals surface area contributed by atoms with Crippen molar-refractivity contribution in [2.45, 2.75) is 6.61 Å². The lowest BCUT2D eigenvalue weighted by atomic mass is 10.1. The summed E-state index contributed by atoms with van der Waals surface area (Å²) in [6.07, 6.45) is 3.00. The number of thiophene rings is 1. The van der Waals surface area contributed by atoms with Crippen molar-refractivity contribution in [2.75, 3.05) is 19.0 Å². The van der Waals surface area contributed by atoms with Gasteiger partial charge in [-0.25, -0.2) is 14.1 Å². The van der Waals surface area contributed by atoms with Crippen molar-refractivity contribution < 1.29 is 18.7 Å². The Morgan fingerprint density at radius 1 is 1.19 bits per heavy atom. The van der Waals surface area contributed by atoms with Crippen LogP contribution < -0.4 is 10.6 Å². The lowest BCUT2D eigenvalue weighted by Gasteiger charge is -2.08. The maximum atomic E-state index is 14.3. The van der Waals surface area contributed by atoms with Gasteiger partial charge in [0.05, 0.1) is 23.7 Å². The molecule has 0 bridgehead atoms. The normalized spacial score (nSPS) is 10.9. The molecule has 31 heavy (non-hydrogen) atoms. The van der Waals surface area contributed by atoms with Gasteiger partial charge in [0.1, 0.15) is 18.5 Å². The Kier molecular flexibility index (Phi) is 6.01. The summed E-state index contributed by atoms with van der Waals surface area (Å²) in [6.45, 7) is -0.138. The summed E-state index contributed by atoms with van der Waals surface area (Å²) < 4.78 is 21.7. The number of ether oxygens (including phenoxy) is 1. The molecule has 0 saturated heterocycles. The van der Waals surface area contributed by atoms with Gasteiger partial charge in [0, 0.05) is 28.4 Å². The third-order valence-electron chi connectivity index (χ3n) is 4.50. The SMILES string of the molecule is COCc1c(C(=O)NCC(=O)Nc2ccc(-n3cncn3)cc2)sc2cccc(F)c12. The van der Waals surface area contributed by atoms with Gasteiger partial charge in [-0.1, -0.05) is 6.07 Å². The molecule has 2 aromatic carbocycles. The van der Waals surface area contributed by atoms with Crippen molar-refractivity contribution in [3.05, 3.63) is 71.4 Å². The van der Waals surface area contributed by atoms with Gasteiger partial charge >= 0.3 is 0 Å². The summed E-state index contributed by atoms with van der Waals surface area (Å²) in [5.74, 6) is -1.25. The van der Waals surface area contributed by atoms with Crippen molar-refractivity contribution in [1.29, 1.82) is 0 Å². The van der Waals surface area contributed by atoms with Crippen LogP contribution in [-0.4, -0.2) is 40.2 Å². The first-order valence-corrected chi connectivity index (χ1v) is 10.1. The Balaban J connectivity index is 1.41. The molecule has 0 fully saturated rings. The van der Waals surface area contributed by atoms with E-state index in [0.717, 1.165) is 17.0 Å². The number of amides is 2. The third-order valence-corrected chi connectivity index (χ3v) is 5.70. The van der Waals surface area contributed by atoms with Gasteiger partial charge in [0.25, 0.3) is 5.91 Å². The molecular formula is C21H18FN5O3S. The number of carbonyl (C=O) groups is 2. The molecule has 2 heterocycles. The fourth-order valence-electron chi connectivity index (χ4n) is 3.12. The molecule has 4 rings (SSSR count). The van der Waals surface area contributed by atoms with Gasteiger partial charge < -0.3 is 15.4 Å². The van der Waals surface area contributed by atoms with Gasteiger partial charge in [-0.2, -0.15) is 5.10 Å². The molecular weight excluding hydrogens is 421 g/mol. The van der Waals surface area contributed by atoms with Crippen LogP contribution in [0.25, 0.3) is 15.8 Å². The van der Waals surface area contributed by atoms with Crippen LogP contribution in [0.15, 0.2) is 55.1 Å². The van der Waals surface area contributed by atoms with Gasteiger partial charge in [-0.15, -0.1) is 11.3 Å². The number of methoxy groups -OCH3 is 1. The number of nitrogens with one attached hydrogen (secondary N) is 2. The van der Waals surface area contributed by atoms with E-state index in [0.29, 0.717) is 26.2 Å². The van der Waals surface area contributed by atoms with Crippen LogP contribution >= 0.6 is 11.3 Å². The van der Waals surface area contributed by atoms with Crippen molar-refractivity contribution in [1.82, 2.24) is 20.1 Å². The van der Waals surface area contributed by atoms with Crippen molar-refractivity contribution >= 4 is 38.9 Å². The standard InChI is InChI=1S/C21H18FN5O3S/c1-30-10-15-19-16(22)3-2-4-17(19)31-20(15)21(29)24-9-18(28)26-13-5-7-14(8-6-13)27-12-23-11-25-27/h2-8,11-12H,9-10H2,1H3,(H,24,29)(H,26,28). The number of rotatable bonds is 7. The van der Waals surface area contributed by atoms with Crippen molar-refractivity contribution in [3.63, 3.8) is 0 Å². The Morgan fingerprint density at radius 3 is 2.71 bits per heavy atom. The second kappa shape index (κ2) is 9.02. The fourth-order valence-corrected chi connectivity index (χ4v) is 4.26. The van der Waals surface area contributed by atoms with E-state index < -0.39 is 11.7 Å². The number of fused-ring (bicyclic) bond motifs is 1. The van der Waals surface area contributed by atoms with Gasteiger partial charge in [0.2, 0.25) is 5.91 Å². The number of hydrogen-bond donors (Lipinski definition) is 2. The summed E-state index contributed by atoms with van der Waals surface area (Å²) >= 11 is 1.16. The lowest BCUT2D eigenvalue weighted by molar-refractivity contribution is -0.115. The molecule has 0 atom stereocenters. The Labute approximate surface area is 180 Å². The molecule has 2 amide bonds. The average molecular weight is 439 g/mol. The summed E-state index contributed by atoms with van der Waals surface area (Å²) in [5.41, 5.74) is 1.85. The second-order valence-electron chi connectivity index (χ2n) is 6.57. The average Bonchev–Trinajstić information content (AvgIpc) is 3.42. The summed E-state index contributed by atoms with van der Waals surface area (Å²) in [4.78, 5) is 29.2. The number of nitrogens with zero attached hydrogens (tertiary/aromatic N) is 3. The highest BCUT2D eigenvalue weighted by atomic mass is 32.1. The van der Waals surface area contributed by atoms with E-state index in [1.54, 1.807) is 47.4 Å². The number of hydrogen-bond acceptors (Lipinski definition) is 6. The minimum absolute atomic E-state index is 0.0913. The van der Waals surface area contributed by atoms with Crippen molar-refractivity contribution in [3.8, 4) is 5.69 Å². The summed E-state index contributed by atoms with van der Waals surface area (Å²) in [7, 11) is 1.48. The number of aromatic nitrogens is 3. The van der Waals surface area contributed by atoms with E-state index in [9.17, 15) is 14.0 Å². The van der Waals surface area contributed by atoms with Crippen molar-refractivity contribution in [2.24, 2.45) is 0 Å². The van der Waals surface area contributed by atoms with E-state index in [4.69, 9.17) is 4.74 Å². The van der Waals surface area contributed by atoms with E-state index >= 15 is 0 Å². The molecule has 0 radical (unpaired) electrons. The smallest absolute Gasteiger partial charge is 0.262 e. The molecule has 10 heteroatoms. The fraction of sp³-hybridized carbons (Fsp3) is 0.143. The van der Waals surface area contributed by atoms with Crippen LogP contribution in [0.2, 0.25) is 0 Å². The molecule has 0 unspecified atom stereocenters. The largest absolute Gasteiger partial charge is 0.380 e. The minimum atomic E-state index is -0.454. The number of benzene rings is 2. The van der Waals surface area contributed by atoms with Crippen LogP contribution in [0.5, 0.6) is 0 Å².